The number of hydrogen-bond donors (Lipinski definition) is 0. The zero-order chi connectivity index (χ0) is 14.4. The lowest BCUT2D eigenvalue weighted by Gasteiger charge is -2.39. The molecule has 2 saturated heterocycles. The smallest absolute Gasteiger partial charge is 0.292 e. The molecule has 0 N–H and O–H groups in total. The standard InChI is InChI=1S/C15H19N3O3/c19-14-4-3-11-12(18(14)9-10-1-2-10)6-8-17(11)15(20)13-5-7-16-21-13/h5,7,10-12H,1-4,6,8-9H2/t11-,12-/m0/s1. The van der Waals surface area contributed by atoms with Gasteiger partial charge in [0.05, 0.1) is 18.3 Å². The molecule has 2 amide bonds. The molecule has 0 radical (unpaired) electrons. The second-order valence-electron chi connectivity index (χ2n) is 6.33. The highest BCUT2D eigenvalue weighted by molar-refractivity contribution is 5.92. The van der Waals surface area contributed by atoms with E-state index in [4.69, 9.17) is 4.52 Å². The van der Waals surface area contributed by atoms with Crippen LogP contribution in [0.4, 0.5) is 0 Å². The first-order chi connectivity index (χ1) is 10.2. The van der Waals surface area contributed by atoms with Crippen molar-refractivity contribution in [3.8, 4) is 0 Å². The van der Waals surface area contributed by atoms with Gasteiger partial charge >= 0.3 is 0 Å². The Labute approximate surface area is 123 Å². The van der Waals surface area contributed by atoms with Gasteiger partial charge in [-0.3, -0.25) is 9.59 Å². The van der Waals surface area contributed by atoms with E-state index < -0.39 is 0 Å². The summed E-state index contributed by atoms with van der Waals surface area (Å²) >= 11 is 0. The zero-order valence-corrected chi connectivity index (χ0v) is 11.9. The fraction of sp³-hybridized carbons (Fsp3) is 0.667. The van der Waals surface area contributed by atoms with Gasteiger partial charge in [0.1, 0.15) is 0 Å². The van der Waals surface area contributed by atoms with E-state index in [1.807, 2.05) is 9.80 Å². The molecule has 1 saturated carbocycles. The highest BCUT2D eigenvalue weighted by Gasteiger charge is 2.46. The van der Waals surface area contributed by atoms with E-state index in [9.17, 15) is 9.59 Å². The van der Waals surface area contributed by atoms with Gasteiger partial charge in [0.2, 0.25) is 11.7 Å². The molecule has 4 rings (SSSR count). The van der Waals surface area contributed by atoms with E-state index in [2.05, 4.69) is 5.16 Å². The number of piperidine rings is 1. The summed E-state index contributed by atoms with van der Waals surface area (Å²) in [4.78, 5) is 28.6. The third kappa shape index (κ3) is 2.22. The predicted molar refractivity (Wildman–Crippen MR) is 73.4 cm³/mol. The van der Waals surface area contributed by atoms with E-state index in [0.29, 0.717) is 24.6 Å². The second-order valence-corrected chi connectivity index (χ2v) is 6.33. The molecule has 21 heavy (non-hydrogen) atoms. The number of amides is 2. The van der Waals surface area contributed by atoms with Crippen molar-refractivity contribution >= 4 is 11.8 Å². The molecule has 6 nitrogen and oxygen atoms in total. The molecule has 0 bridgehead atoms. The average molecular weight is 289 g/mol. The number of fused-ring (bicyclic) bond motifs is 1. The maximum absolute atomic E-state index is 12.5. The van der Waals surface area contributed by atoms with Crippen molar-refractivity contribution in [2.75, 3.05) is 13.1 Å². The maximum atomic E-state index is 12.5. The van der Waals surface area contributed by atoms with E-state index >= 15 is 0 Å². The molecule has 1 aromatic rings. The molecule has 0 unspecified atom stereocenters. The van der Waals surface area contributed by atoms with Crippen LogP contribution >= 0.6 is 0 Å². The Morgan fingerprint density at radius 2 is 2.14 bits per heavy atom. The van der Waals surface area contributed by atoms with E-state index in [0.717, 1.165) is 19.4 Å². The van der Waals surface area contributed by atoms with Gasteiger partial charge in [-0.25, -0.2) is 0 Å². The van der Waals surface area contributed by atoms with Crippen LogP contribution in [0.15, 0.2) is 16.8 Å². The largest absolute Gasteiger partial charge is 0.351 e. The lowest BCUT2D eigenvalue weighted by Crippen LogP contribution is -2.53. The minimum absolute atomic E-state index is 0.0966. The Morgan fingerprint density at radius 3 is 2.86 bits per heavy atom. The van der Waals surface area contributed by atoms with Crippen LogP contribution in [0.1, 0.15) is 42.7 Å². The third-order valence-electron chi connectivity index (χ3n) is 4.95. The number of nitrogens with zero attached hydrogens (tertiary/aromatic N) is 3. The first kappa shape index (κ1) is 12.9. The van der Waals surface area contributed by atoms with Crippen molar-refractivity contribution in [2.45, 2.75) is 44.2 Å². The van der Waals surface area contributed by atoms with Crippen LogP contribution in [-0.2, 0) is 4.79 Å². The van der Waals surface area contributed by atoms with Crippen LogP contribution in [0, 0.1) is 5.92 Å². The lowest BCUT2D eigenvalue weighted by molar-refractivity contribution is -0.137. The summed E-state index contributed by atoms with van der Waals surface area (Å²) in [5.41, 5.74) is 0. The molecule has 1 aliphatic carbocycles. The third-order valence-corrected chi connectivity index (χ3v) is 4.95. The molecule has 3 fully saturated rings. The van der Waals surface area contributed by atoms with Gasteiger partial charge in [-0.2, -0.15) is 0 Å². The Morgan fingerprint density at radius 1 is 1.29 bits per heavy atom. The second kappa shape index (κ2) is 4.86. The fourth-order valence-corrected chi connectivity index (χ4v) is 3.68. The zero-order valence-electron chi connectivity index (χ0n) is 11.9. The van der Waals surface area contributed by atoms with Crippen molar-refractivity contribution in [3.05, 3.63) is 18.0 Å². The molecule has 3 aliphatic rings. The van der Waals surface area contributed by atoms with Crippen LogP contribution in [0.3, 0.4) is 0 Å². The molecule has 2 aliphatic heterocycles. The fourth-order valence-electron chi connectivity index (χ4n) is 3.68. The quantitative estimate of drug-likeness (QED) is 0.841. The van der Waals surface area contributed by atoms with Crippen LogP contribution in [-0.4, -0.2) is 51.9 Å². The van der Waals surface area contributed by atoms with Crippen LogP contribution in [0.2, 0.25) is 0 Å². The predicted octanol–water partition coefficient (Wildman–Crippen LogP) is 1.29. The van der Waals surface area contributed by atoms with Crippen molar-refractivity contribution in [3.63, 3.8) is 0 Å². The molecule has 0 aromatic carbocycles. The van der Waals surface area contributed by atoms with Gasteiger partial charge in [-0.15, -0.1) is 0 Å². The summed E-state index contributed by atoms with van der Waals surface area (Å²) in [6.45, 7) is 1.58. The first-order valence-electron chi connectivity index (χ1n) is 7.75. The van der Waals surface area contributed by atoms with Gasteiger partial charge in [-0.05, 0) is 31.6 Å². The van der Waals surface area contributed by atoms with Crippen LogP contribution in [0.5, 0.6) is 0 Å². The molecule has 0 spiro atoms. The van der Waals surface area contributed by atoms with Gasteiger partial charge in [0.15, 0.2) is 0 Å². The van der Waals surface area contributed by atoms with Crippen LogP contribution in [0.25, 0.3) is 0 Å². The summed E-state index contributed by atoms with van der Waals surface area (Å²) in [5.74, 6) is 1.14. The van der Waals surface area contributed by atoms with Gasteiger partial charge in [0.25, 0.3) is 5.91 Å². The summed E-state index contributed by atoms with van der Waals surface area (Å²) in [5, 5.41) is 3.61. The Bertz CT molecular complexity index is 553. The maximum Gasteiger partial charge on any atom is 0.292 e. The summed E-state index contributed by atoms with van der Waals surface area (Å²) < 4.78 is 4.99. The molecule has 2 atom stereocenters. The lowest BCUT2D eigenvalue weighted by atomic mass is 9.95. The van der Waals surface area contributed by atoms with Gasteiger partial charge in [0, 0.05) is 25.6 Å². The van der Waals surface area contributed by atoms with E-state index in [-0.39, 0.29) is 23.9 Å². The molecule has 112 valence electrons. The highest BCUT2D eigenvalue weighted by Crippen LogP contribution is 2.36. The summed E-state index contributed by atoms with van der Waals surface area (Å²) in [6.07, 6.45) is 6.16. The number of rotatable bonds is 3. The Kier molecular flexibility index (Phi) is 2.97. The number of carbonyl (C=O) groups is 2. The molecular weight excluding hydrogens is 270 g/mol. The van der Waals surface area contributed by atoms with E-state index in [1.165, 1.54) is 19.0 Å². The van der Waals surface area contributed by atoms with Crippen molar-refractivity contribution in [1.82, 2.24) is 15.0 Å². The normalized spacial score (nSPS) is 28.9. The summed E-state index contributed by atoms with van der Waals surface area (Å²) in [6, 6.07) is 1.93. The van der Waals surface area contributed by atoms with Crippen LogP contribution < -0.4 is 0 Å². The number of aromatic nitrogens is 1. The van der Waals surface area contributed by atoms with E-state index in [1.54, 1.807) is 6.07 Å². The van der Waals surface area contributed by atoms with Crippen molar-refractivity contribution in [2.24, 2.45) is 5.92 Å². The number of hydrogen-bond acceptors (Lipinski definition) is 4. The number of likely N-dealkylation sites (tertiary alicyclic amines) is 2. The first-order valence-corrected chi connectivity index (χ1v) is 7.75. The molecule has 3 heterocycles. The molecule has 6 heteroatoms. The molecular formula is C15H19N3O3. The molecule has 1 aromatic heterocycles. The monoisotopic (exact) mass is 289 g/mol. The number of carbonyl (C=O) groups excluding carboxylic acids is 2. The van der Waals surface area contributed by atoms with Gasteiger partial charge in [-0.1, -0.05) is 5.16 Å². The Hall–Kier alpha value is -1.85. The Balaban J connectivity index is 1.52. The SMILES string of the molecule is O=C1CC[C@H]2[C@H](CCN2C(=O)c2ccno2)N1CC1CC1. The van der Waals surface area contributed by atoms with Gasteiger partial charge < -0.3 is 14.3 Å². The minimum Gasteiger partial charge on any atom is -0.351 e. The van der Waals surface area contributed by atoms with Crippen molar-refractivity contribution in [1.29, 1.82) is 0 Å². The average Bonchev–Trinajstić information content (AvgIpc) is 3.00. The topological polar surface area (TPSA) is 66.7 Å². The van der Waals surface area contributed by atoms with Crippen molar-refractivity contribution < 1.29 is 14.1 Å². The highest BCUT2D eigenvalue weighted by atomic mass is 16.5. The minimum atomic E-state index is -0.0966. The summed E-state index contributed by atoms with van der Waals surface area (Å²) in [7, 11) is 0.